The normalized spacial score (nSPS) is 40.3. The lowest BCUT2D eigenvalue weighted by Gasteiger charge is -2.37. The highest BCUT2D eigenvalue weighted by Gasteiger charge is 2.35. The molecule has 0 aromatic rings. The van der Waals surface area contributed by atoms with Crippen LogP contribution in [0.25, 0.3) is 0 Å². The monoisotopic (exact) mass is 198 g/mol. The highest BCUT2D eigenvalue weighted by molar-refractivity contribution is 4.91. The molecule has 0 aromatic carbocycles. The topological polar surface area (TPSA) is 24.5 Å². The molecule has 0 saturated carbocycles. The Morgan fingerprint density at radius 3 is 3.14 bits per heavy atom. The Kier molecular flexibility index (Phi) is 3.42. The van der Waals surface area contributed by atoms with E-state index in [9.17, 15) is 0 Å². The molecule has 0 amide bonds. The average Bonchev–Trinajstić information content (AvgIpc) is 2.36. The number of likely N-dealkylation sites (N-methyl/N-ethyl adjacent to an activating group) is 1. The van der Waals surface area contributed by atoms with Crippen LogP contribution in [0.5, 0.6) is 0 Å². The lowest BCUT2D eigenvalue weighted by Crippen LogP contribution is -2.48. The van der Waals surface area contributed by atoms with Crippen LogP contribution in [0.15, 0.2) is 0 Å². The Balaban J connectivity index is 2.09. The van der Waals surface area contributed by atoms with Crippen LogP contribution in [-0.2, 0) is 4.74 Å². The Morgan fingerprint density at radius 2 is 2.36 bits per heavy atom. The summed E-state index contributed by atoms with van der Waals surface area (Å²) in [6.45, 7) is 6.48. The Labute approximate surface area is 86.8 Å². The van der Waals surface area contributed by atoms with E-state index in [-0.39, 0.29) is 0 Å². The van der Waals surface area contributed by atoms with Gasteiger partial charge in [-0.05, 0) is 19.9 Å². The molecule has 2 heterocycles. The second-order valence-corrected chi connectivity index (χ2v) is 4.54. The zero-order valence-corrected chi connectivity index (χ0v) is 9.33. The van der Waals surface area contributed by atoms with Gasteiger partial charge in [0.25, 0.3) is 0 Å². The summed E-state index contributed by atoms with van der Waals surface area (Å²) in [6.07, 6.45) is 2.43. The SMILES string of the molecule is CC[C@@H]1[C@H]2COCCC2NCCN1C. The summed E-state index contributed by atoms with van der Waals surface area (Å²) in [5.41, 5.74) is 0. The predicted octanol–water partition coefficient (Wildman–Crippen LogP) is 0.705. The average molecular weight is 198 g/mol. The van der Waals surface area contributed by atoms with Crippen molar-refractivity contribution >= 4 is 0 Å². The van der Waals surface area contributed by atoms with Crippen molar-refractivity contribution in [2.45, 2.75) is 31.8 Å². The second kappa shape index (κ2) is 4.60. The molecule has 3 nitrogen and oxygen atoms in total. The van der Waals surface area contributed by atoms with Gasteiger partial charge in [-0.1, -0.05) is 6.92 Å². The first-order chi connectivity index (χ1) is 6.83. The van der Waals surface area contributed by atoms with E-state index in [0.717, 1.165) is 19.8 Å². The van der Waals surface area contributed by atoms with Gasteiger partial charge in [0.2, 0.25) is 0 Å². The summed E-state index contributed by atoms with van der Waals surface area (Å²) in [5, 5.41) is 3.66. The van der Waals surface area contributed by atoms with Gasteiger partial charge in [0.1, 0.15) is 0 Å². The fourth-order valence-electron chi connectivity index (χ4n) is 2.93. The van der Waals surface area contributed by atoms with E-state index in [2.05, 4.69) is 24.2 Å². The number of ether oxygens (including phenoxy) is 1. The second-order valence-electron chi connectivity index (χ2n) is 4.54. The maximum Gasteiger partial charge on any atom is 0.0524 e. The van der Waals surface area contributed by atoms with Gasteiger partial charge in [0, 0.05) is 37.7 Å². The zero-order valence-electron chi connectivity index (χ0n) is 9.33. The minimum atomic E-state index is 0.693. The van der Waals surface area contributed by atoms with Crippen molar-refractivity contribution in [3.8, 4) is 0 Å². The van der Waals surface area contributed by atoms with Gasteiger partial charge in [-0.15, -0.1) is 0 Å². The highest BCUT2D eigenvalue weighted by Crippen LogP contribution is 2.25. The molecule has 0 radical (unpaired) electrons. The highest BCUT2D eigenvalue weighted by atomic mass is 16.5. The summed E-state index contributed by atoms with van der Waals surface area (Å²) in [7, 11) is 2.24. The molecule has 3 heteroatoms. The lowest BCUT2D eigenvalue weighted by molar-refractivity contribution is 0.00492. The number of fused-ring (bicyclic) bond motifs is 1. The van der Waals surface area contributed by atoms with Gasteiger partial charge in [0.15, 0.2) is 0 Å². The molecule has 0 bridgehead atoms. The van der Waals surface area contributed by atoms with E-state index in [1.165, 1.54) is 19.4 Å². The van der Waals surface area contributed by atoms with Crippen LogP contribution in [0.2, 0.25) is 0 Å². The van der Waals surface area contributed by atoms with E-state index in [1.54, 1.807) is 0 Å². The van der Waals surface area contributed by atoms with Gasteiger partial charge in [-0.2, -0.15) is 0 Å². The number of rotatable bonds is 1. The van der Waals surface area contributed by atoms with E-state index in [0.29, 0.717) is 18.0 Å². The Bertz CT molecular complexity index is 186. The molecular weight excluding hydrogens is 176 g/mol. The van der Waals surface area contributed by atoms with Gasteiger partial charge >= 0.3 is 0 Å². The fourth-order valence-corrected chi connectivity index (χ4v) is 2.93. The van der Waals surface area contributed by atoms with Crippen molar-refractivity contribution in [3.05, 3.63) is 0 Å². The molecule has 82 valence electrons. The summed E-state index contributed by atoms with van der Waals surface area (Å²) in [4.78, 5) is 2.49. The summed E-state index contributed by atoms with van der Waals surface area (Å²) >= 11 is 0. The largest absolute Gasteiger partial charge is 0.381 e. The molecular formula is C11H22N2O. The van der Waals surface area contributed by atoms with Crippen LogP contribution in [0, 0.1) is 5.92 Å². The van der Waals surface area contributed by atoms with Gasteiger partial charge in [-0.25, -0.2) is 0 Å². The molecule has 0 spiro atoms. The number of hydrogen-bond acceptors (Lipinski definition) is 3. The van der Waals surface area contributed by atoms with Crippen LogP contribution < -0.4 is 5.32 Å². The Morgan fingerprint density at radius 1 is 1.50 bits per heavy atom. The molecule has 2 saturated heterocycles. The molecule has 2 aliphatic heterocycles. The molecule has 3 atom stereocenters. The number of hydrogen-bond donors (Lipinski definition) is 1. The van der Waals surface area contributed by atoms with Crippen molar-refractivity contribution in [2.24, 2.45) is 5.92 Å². The maximum atomic E-state index is 5.61. The van der Waals surface area contributed by atoms with Gasteiger partial charge in [0.05, 0.1) is 6.61 Å². The van der Waals surface area contributed by atoms with Crippen molar-refractivity contribution in [1.29, 1.82) is 0 Å². The minimum absolute atomic E-state index is 0.693. The first-order valence-electron chi connectivity index (χ1n) is 5.84. The molecule has 2 fully saturated rings. The van der Waals surface area contributed by atoms with Gasteiger partial charge in [-0.3, -0.25) is 0 Å². The maximum absolute atomic E-state index is 5.61. The molecule has 14 heavy (non-hydrogen) atoms. The number of nitrogens with one attached hydrogen (secondary N) is 1. The van der Waals surface area contributed by atoms with Crippen LogP contribution >= 0.6 is 0 Å². The first-order valence-corrected chi connectivity index (χ1v) is 5.84. The fraction of sp³-hybridized carbons (Fsp3) is 1.00. The molecule has 0 aliphatic carbocycles. The van der Waals surface area contributed by atoms with E-state index in [1.807, 2.05) is 0 Å². The van der Waals surface area contributed by atoms with Crippen molar-refractivity contribution in [1.82, 2.24) is 10.2 Å². The molecule has 1 N–H and O–H groups in total. The Hall–Kier alpha value is -0.120. The van der Waals surface area contributed by atoms with Crippen LogP contribution in [-0.4, -0.2) is 50.3 Å². The third-order valence-electron chi connectivity index (χ3n) is 3.75. The molecule has 2 aliphatic rings. The van der Waals surface area contributed by atoms with E-state index in [4.69, 9.17) is 4.74 Å². The van der Waals surface area contributed by atoms with E-state index >= 15 is 0 Å². The summed E-state index contributed by atoms with van der Waals surface area (Å²) in [5.74, 6) is 0.696. The van der Waals surface area contributed by atoms with Crippen LogP contribution in [0.3, 0.4) is 0 Å². The minimum Gasteiger partial charge on any atom is -0.381 e. The third kappa shape index (κ3) is 1.95. The zero-order chi connectivity index (χ0) is 9.97. The van der Waals surface area contributed by atoms with Crippen molar-refractivity contribution in [2.75, 3.05) is 33.4 Å². The van der Waals surface area contributed by atoms with Crippen molar-refractivity contribution in [3.63, 3.8) is 0 Å². The quantitative estimate of drug-likeness (QED) is 0.671. The molecule has 2 rings (SSSR count). The number of nitrogens with zero attached hydrogens (tertiary/aromatic N) is 1. The third-order valence-corrected chi connectivity index (χ3v) is 3.75. The van der Waals surface area contributed by atoms with Crippen LogP contribution in [0.4, 0.5) is 0 Å². The van der Waals surface area contributed by atoms with Crippen molar-refractivity contribution < 1.29 is 4.74 Å². The molecule has 0 aromatic heterocycles. The smallest absolute Gasteiger partial charge is 0.0524 e. The standard InChI is InChI=1S/C11H22N2O/c1-3-11-9-8-14-7-4-10(9)12-5-6-13(11)2/h9-12H,3-8H2,1-2H3/t9-,10?,11+/m0/s1. The molecule has 1 unspecified atom stereocenters. The predicted molar refractivity (Wildman–Crippen MR) is 57.4 cm³/mol. The van der Waals surface area contributed by atoms with Gasteiger partial charge < -0.3 is 15.0 Å². The first kappa shape index (κ1) is 10.4. The lowest BCUT2D eigenvalue weighted by atomic mass is 9.87. The van der Waals surface area contributed by atoms with Crippen LogP contribution in [0.1, 0.15) is 19.8 Å². The summed E-state index contributed by atoms with van der Waals surface area (Å²) < 4.78 is 5.61. The van der Waals surface area contributed by atoms with E-state index < -0.39 is 0 Å². The summed E-state index contributed by atoms with van der Waals surface area (Å²) in [6, 6.07) is 1.40.